The van der Waals surface area contributed by atoms with Crippen molar-refractivity contribution in [3.05, 3.63) is 30.3 Å². The largest absolute Gasteiger partial charge is 0.344 e. The molecule has 114 valence electrons. The number of hydrogen-bond donors (Lipinski definition) is 1. The van der Waals surface area contributed by atoms with Crippen LogP contribution in [0.3, 0.4) is 0 Å². The molecule has 0 bridgehead atoms. The van der Waals surface area contributed by atoms with Crippen molar-refractivity contribution >= 4 is 23.6 Å². The number of benzene rings is 1. The van der Waals surface area contributed by atoms with Crippen molar-refractivity contribution in [1.82, 2.24) is 10.2 Å². The minimum atomic E-state index is -0.439. The van der Waals surface area contributed by atoms with Crippen LogP contribution in [0.25, 0.3) is 0 Å². The highest BCUT2D eigenvalue weighted by atomic mass is 32.2. The quantitative estimate of drug-likeness (QED) is 0.849. The average Bonchev–Trinajstić information content (AvgIpc) is 2.52. The summed E-state index contributed by atoms with van der Waals surface area (Å²) in [4.78, 5) is 26.9. The van der Waals surface area contributed by atoms with Gasteiger partial charge in [0.2, 0.25) is 11.8 Å². The van der Waals surface area contributed by atoms with Crippen LogP contribution in [0.4, 0.5) is 0 Å². The van der Waals surface area contributed by atoms with Crippen molar-refractivity contribution in [3.63, 3.8) is 0 Å². The Morgan fingerprint density at radius 2 is 1.86 bits per heavy atom. The van der Waals surface area contributed by atoms with E-state index < -0.39 is 6.04 Å². The van der Waals surface area contributed by atoms with Gasteiger partial charge in [-0.3, -0.25) is 9.59 Å². The number of nitrogens with zero attached hydrogens (tertiary/aromatic N) is 1. The van der Waals surface area contributed by atoms with Gasteiger partial charge in [-0.1, -0.05) is 18.2 Å². The van der Waals surface area contributed by atoms with Crippen LogP contribution in [0.5, 0.6) is 0 Å². The van der Waals surface area contributed by atoms with Crippen molar-refractivity contribution in [2.24, 2.45) is 0 Å². The first-order valence-electron chi connectivity index (χ1n) is 7.40. The maximum absolute atomic E-state index is 12.6. The highest BCUT2D eigenvalue weighted by Crippen LogP contribution is 2.19. The molecule has 1 aliphatic heterocycles. The molecule has 1 aromatic carbocycles. The lowest BCUT2D eigenvalue weighted by Crippen LogP contribution is -2.50. The number of thioether (sulfide) groups is 1. The van der Waals surface area contributed by atoms with Gasteiger partial charge in [-0.25, -0.2) is 0 Å². The van der Waals surface area contributed by atoms with Crippen molar-refractivity contribution in [1.29, 1.82) is 0 Å². The summed E-state index contributed by atoms with van der Waals surface area (Å²) in [6, 6.07) is 9.51. The zero-order chi connectivity index (χ0) is 15.1. The Hall–Kier alpha value is -1.49. The van der Waals surface area contributed by atoms with Gasteiger partial charge in [0, 0.05) is 30.7 Å². The lowest BCUT2D eigenvalue weighted by molar-refractivity contribution is -0.136. The van der Waals surface area contributed by atoms with Gasteiger partial charge in [0.15, 0.2) is 0 Å². The van der Waals surface area contributed by atoms with Crippen LogP contribution in [0.1, 0.15) is 26.2 Å². The van der Waals surface area contributed by atoms with E-state index in [-0.39, 0.29) is 11.8 Å². The zero-order valence-electron chi connectivity index (χ0n) is 12.4. The van der Waals surface area contributed by atoms with Crippen LogP contribution in [-0.4, -0.2) is 41.6 Å². The molecule has 1 saturated heterocycles. The molecule has 0 aliphatic carbocycles. The second kappa shape index (κ2) is 8.08. The predicted octanol–water partition coefficient (Wildman–Crippen LogP) is 2.30. The zero-order valence-corrected chi connectivity index (χ0v) is 13.2. The number of likely N-dealkylation sites (tertiary alicyclic amines) is 1. The summed E-state index contributed by atoms with van der Waals surface area (Å²) in [6.45, 7) is 3.08. The van der Waals surface area contributed by atoms with Gasteiger partial charge in [-0.15, -0.1) is 11.8 Å². The van der Waals surface area contributed by atoms with Gasteiger partial charge >= 0.3 is 0 Å². The number of piperidine rings is 1. The van der Waals surface area contributed by atoms with E-state index in [9.17, 15) is 9.59 Å². The van der Waals surface area contributed by atoms with Gasteiger partial charge in [0.1, 0.15) is 6.04 Å². The summed E-state index contributed by atoms with van der Waals surface area (Å²) in [7, 11) is 0. The van der Waals surface area contributed by atoms with Crippen LogP contribution >= 0.6 is 11.8 Å². The molecule has 4 nitrogen and oxygen atoms in total. The standard InChI is InChI=1S/C16H22N2O2S/c1-13(19)17-15(12-21-14-8-4-2-5-9-14)16(20)18-10-6-3-7-11-18/h2,4-5,8-9,15H,3,6-7,10-12H2,1H3,(H,17,19). The smallest absolute Gasteiger partial charge is 0.246 e. The molecule has 0 aromatic heterocycles. The van der Waals surface area contributed by atoms with E-state index in [0.717, 1.165) is 30.8 Å². The summed E-state index contributed by atoms with van der Waals surface area (Å²) in [5.74, 6) is 0.464. The molecular weight excluding hydrogens is 284 g/mol. The van der Waals surface area contributed by atoms with Crippen molar-refractivity contribution in [2.75, 3.05) is 18.8 Å². The first-order valence-corrected chi connectivity index (χ1v) is 8.39. The molecule has 1 unspecified atom stereocenters. The molecule has 5 heteroatoms. The van der Waals surface area contributed by atoms with Crippen LogP contribution < -0.4 is 5.32 Å². The van der Waals surface area contributed by atoms with E-state index in [4.69, 9.17) is 0 Å². The first-order chi connectivity index (χ1) is 10.2. The molecular formula is C16H22N2O2S. The maximum Gasteiger partial charge on any atom is 0.246 e. The Morgan fingerprint density at radius 3 is 2.48 bits per heavy atom. The Bertz CT molecular complexity index is 472. The lowest BCUT2D eigenvalue weighted by atomic mass is 10.1. The van der Waals surface area contributed by atoms with E-state index in [2.05, 4.69) is 5.32 Å². The number of carbonyl (C=O) groups is 2. The second-order valence-electron chi connectivity index (χ2n) is 5.26. The van der Waals surface area contributed by atoms with Crippen LogP contribution in [-0.2, 0) is 9.59 Å². The molecule has 2 amide bonds. The van der Waals surface area contributed by atoms with Crippen molar-refractivity contribution < 1.29 is 9.59 Å². The lowest BCUT2D eigenvalue weighted by Gasteiger charge is -2.30. The molecule has 0 radical (unpaired) electrons. The van der Waals surface area contributed by atoms with Crippen LogP contribution in [0, 0.1) is 0 Å². The topological polar surface area (TPSA) is 49.4 Å². The van der Waals surface area contributed by atoms with Crippen LogP contribution in [0.15, 0.2) is 35.2 Å². The summed E-state index contributed by atoms with van der Waals surface area (Å²) in [6.07, 6.45) is 3.31. The normalized spacial score (nSPS) is 16.3. The van der Waals surface area contributed by atoms with E-state index in [1.54, 1.807) is 11.8 Å². The predicted molar refractivity (Wildman–Crippen MR) is 85.2 cm³/mol. The first kappa shape index (κ1) is 15.9. The van der Waals surface area contributed by atoms with Gasteiger partial charge in [0.25, 0.3) is 0 Å². The molecule has 1 aromatic rings. The Kier molecular flexibility index (Phi) is 6.11. The Labute approximate surface area is 130 Å². The van der Waals surface area contributed by atoms with E-state index in [1.807, 2.05) is 35.2 Å². The van der Waals surface area contributed by atoms with Crippen molar-refractivity contribution in [2.45, 2.75) is 37.1 Å². The SMILES string of the molecule is CC(=O)NC(CSc1ccccc1)C(=O)N1CCCCC1. The van der Waals surface area contributed by atoms with Crippen molar-refractivity contribution in [3.8, 4) is 0 Å². The molecule has 1 aliphatic rings. The summed E-state index contributed by atoms with van der Waals surface area (Å²) >= 11 is 1.60. The number of nitrogens with one attached hydrogen (secondary N) is 1. The third-order valence-electron chi connectivity index (χ3n) is 3.50. The van der Waals surface area contributed by atoms with Gasteiger partial charge < -0.3 is 10.2 Å². The Balaban J connectivity index is 1.96. The number of rotatable bonds is 5. The third kappa shape index (κ3) is 5.08. The molecule has 0 spiro atoms. The highest BCUT2D eigenvalue weighted by molar-refractivity contribution is 7.99. The molecule has 1 atom stereocenters. The van der Waals surface area contributed by atoms with E-state index in [1.165, 1.54) is 13.3 Å². The maximum atomic E-state index is 12.6. The van der Waals surface area contributed by atoms with Gasteiger partial charge in [-0.2, -0.15) is 0 Å². The van der Waals surface area contributed by atoms with E-state index >= 15 is 0 Å². The van der Waals surface area contributed by atoms with Gasteiger partial charge in [-0.05, 0) is 31.4 Å². The monoisotopic (exact) mass is 306 g/mol. The van der Waals surface area contributed by atoms with Gasteiger partial charge in [0.05, 0.1) is 0 Å². The summed E-state index contributed by atoms with van der Waals surface area (Å²) < 4.78 is 0. The minimum absolute atomic E-state index is 0.0494. The minimum Gasteiger partial charge on any atom is -0.344 e. The fraction of sp³-hybridized carbons (Fsp3) is 0.500. The molecule has 2 rings (SSSR count). The molecule has 1 N–H and O–H groups in total. The Morgan fingerprint density at radius 1 is 1.19 bits per heavy atom. The number of carbonyl (C=O) groups excluding carboxylic acids is 2. The molecule has 1 heterocycles. The molecule has 0 saturated carbocycles. The highest BCUT2D eigenvalue weighted by Gasteiger charge is 2.26. The van der Waals surface area contributed by atoms with E-state index in [0.29, 0.717) is 5.75 Å². The fourth-order valence-electron chi connectivity index (χ4n) is 2.45. The second-order valence-corrected chi connectivity index (χ2v) is 6.36. The van der Waals surface area contributed by atoms with Crippen LogP contribution in [0.2, 0.25) is 0 Å². The molecule has 21 heavy (non-hydrogen) atoms. The number of amides is 2. The fourth-order valence-corrected chi connectivity index (χ4v) is 3.39. The summed E-state index contributed by atoms with van der Waals surface area (Å²) in [5.41, 5.74) is 0. The number of hydrogen-bond acceptors (Lipinski definition) is 3. The molecule has 1 fully saturated rings. The third-order valence-corrected chi connectivity index (χ3v) is 4.61. The summed E-state index contributed by atoms with van der Waals surface area (Å²) in [5, 5.41) is 2.80. The average molecular weight is 306 g/mol.